The number of hydrogen-bond donors (Lipinski definition) is 0. The first kappa shape index (κ1) is 29.0. The van der Waals surface area contributed by atoms with Crippen molar-refractivity contribution >= 4 is 29.1 Å². The van der Waals surface area contributed by atoms with E-state index in [9.17, 15) is 18.4 Å². The molecule has 2 atom stereocenters. The van der Waals surface area contributed by atoms with E-state index in [0.29, 0.717) is 23.4 Å². The minimum Gasteiger partial charge on any atom is -0.338 e. The summed E-state index contributed by atoms with van der Waals surface area (Å²) in [7, 11) is 0. The number of alkyl halides is 2. The van der Waals surface area contributed by atoms with Gasteiger partial charge in [-0.15, -0.1) is 0 Å². The third-order valence-electron chi connectivity index (χ3n) is 9.20. The summed E-state index contributed by atoms with van der Waals surface area (Å²) < 4.78 is 27.5. The molecule has 5 rings (SSSR count). The lowest BCUT2D eigenvalue weighted by Crippen LogP contribution is -2.41. The Morgan fingerprint density at radius 3 is 2.17 bits per heavy atom. The van der Waals surface area contributed by atoms with Crippen LogP contribution in [0.2, 0.25) is 5.02 Å². The van der Waals surface area contributed by atoms with Crippen LogP contribution in [0.4, 0.5) is 14.5 Å². The van der Waals surface area contributed by atoms with Gasteiger partial charge >= 0.3 is 0 Å². The van der Waals surface area contributed by atoms with Crippen LogP contribution in [0, 0.1) is 38.5 Å². The first-order valence-corrected chi connectivity index (χ1v) is 14.9. The van der Waals surface area contributed by atoms with Gasteiger partial charge in [-0.1, -0.05) is 35.9 Å². The molecule has 2 aliphatic heterocycles. The van der Waals surface area contributed by atoms with E-state index < -0.39 is 5.92 Å². The molecule has 2 aromatic carbocycles. The van der Waals surface area contributed by atoms with Gasteiger partial charge in [0, 0.05) is 67.8 Å². The van der Waals surface area contributed by atoms with E-state index in [2.05, 4.69) is 4.90 Å². The number of benzene rings is 2. The quantitative estimate of drug-likeness (QED) is 0.380. The molecule has 0 spiro atoms. The van der Waals surface area contributed by atoms with Gasteiger partial charge in [0.25, 0.3) is 5.91 Å². The number of carbonyl (C=O) groups excluding carboxylic acids is 2. The van der Waals surface area contributed by atoms with Crippen LogP contribution < -0.4 is 4.90 Å². The largest absolute Gasteiger partial charge is 0.338 e. The molecule has 2 aromatic rings. The molecule has 8 heteroatoms. The lowest BCUT2D eigenvalue weighted by atomic mass is 9.85. The number of amides is 2. The summed E-state index contributed by atoms with van der Waals surface area (Å²) in [6, 6.07) is 11.6. The van der Waals surface area contributed by atoms with Gasteiger partial charge in [0.05, 0.1) is 0 Å². The van der Waals surface area contributed by atoms with Crippen molar-refractivity contribution in [2.75, 3.05) is 44.2 Å². The van der Waals surface area contributed by atoms with Gasteiger partial charge in [0.1, 0.15) is 0 Å². The summed E-state index contributed by atoms with van der Waals surface area (Å²) in [5.74, 6) is -2.05. The standard InChI is InChI=1S/C32H40ClF2N3O2/c1-21-8-9-27(16-28(21)33)38(30(39)24-10-12-32(34,35)13-11-24)15-5-14-36-17-25-19-37(20-26(25)18-36)31(40)29-22(2)6-4-7-23(29)3/h4,6-9,16,24-26H,5,10-15,17-20H2,1-3H3. The van der Waals surface area contributed by atoms with E-state index >= 15 is 0 Å². The van der Waals surface area contributed by atoms with Crippen LogP contribution in [0.15, 0.2) is 36.4 Å². The van der Waals surface area contributed by atoms with Crippen LogP contribution in [0.5, 0.6) is 0 Å². The first-order valence-electron chi connectivity index (χ1n) is 14.6. The fraction of sp³-hybridized carbons (Fsp3) is 0.562. The van der Waals surface area contributed by atoms with E-state index in [1.807, 2.05) is 62.1 Å². The minimum atomic E-state index is -2.67. The van der Waals surface area contributed by atoms with Crippen molar-refractivity contribution < 1.29 is 18.4 Å². The van der Waals surface area contributed by atoms with Crippen molar-refractivity contribution in [2.24, 2.45) is 17.8 Å². The zero-order valence-corrected chi connectivity index (χ0v) is 24.5. The normalized spacial score (nSPS) is 22.9. The second-order valence-corrected chi connectivity index (χ2v) is 12.6. The highest BCUT2D eigenvalue weighted by molar-refractivity contribution is 6.31. The summed E-state index contributed by atoms with van der Waals surface area (Å²) >= 11 is 6.39. The number of hydrogen-bond acceptors (Lipinski definition) is 3. The predicted octanol–water partition coefficient (Wildman–Crippen LogP) is 6.52. The maximum atomic E-state index is 13.8. The number of aryl methyl sites for hydroxylation is 3. The van der Waals surface area contributed by atoms with Gasteiger partial charge in [-0.2, -0.15) is 0 Å². The number of anilines is 1. The minimum absolute atomic E-state index is 0.0747. The van der Waals surface area contributed by atoms with Gasteiger partial charge < -0.3 is 14.7 Å². The molecule has 2 saturated heterocycles. The summed E-state index contributed by atoms with van der Waals surface area (Å²) in [6.45, 7) is 10.8. The molecular weight excluding hydrogens is 532 g/mol. The number of nitrogens with zero attached hydrogens (tertiary/aromatic N) is 3. The molecule has 2 heterocycles. The second-order valence-electron chi connectivity index (χ2n) is 12.2. The third-order valence-corrected chi connectivity index (χ3v) is 9.61. The summed E-state index contributed by atoms with van der Waals surface area (Å²) in [5.41, 5.74) is 4.56. The second kappa shape index (κ2) is 11.8. The highest BCUT2D eigenvalue weighted by Crippen LogP contribution is 2.38. The Bertz CT molecular complexity index is 1220. The monoisotopic (exact) mass is 571 g/mol. The van der Waals surface area contributed by atoms with Crippen LogP contribution in [0.25, 0.3) is 0 Å². The Hall–Kier alpha value is -2.51. The molecule has 1 aliphatic carbocycles. The van der Waals surface area contributed by atoms with E-state index in [0.717, 1.165) is 67.1 Å². The van der Waals surface area contributed by atoms with Crippen LogP contribution in [-0.2, 0) is 4.79 Å². The predicted molar refractivity (Wildman–Crippen MR) is 155 cm³/mol. The molecule has 3 fully saturated rings. The van der Waals surface area contributed by atoms with Gasteiger partial charge in [-0.3, -0.25) is 9.59 Å². The lowest BCUT2D eigenvalue weighted by Gasteiger charge is -2.32. The molecule has 2 unspecified atom stereocenters. The Kier molecular flexibility index (Phi) is 8.53. The molecule has 5 nitrogen and oxygen atoms in total. The molecular formula is C32H40ClF2N3O2. The SMILES string of the molecule is Cc1ccc(N(CCCN2CC3CN(C(=O)c4c(C)cccc4C)CC3C2)C(=O)C2CCC(F)(F)CC2)cc1Cl. The zero-order chi connectivity index (χ0) is 28.6. The van der Waals surface area contributed by atoms with Crippen molar-refractivity contribution in [1.82, 2.24) is 9.80 Å². The van der Waals surface area contributed by atoms with Crippen LogP contribution in [0.1, 0.15) is 59.2 Å². The molecule has 40 heavy (non-hydrogen) atoms. The van der Waals surface area contributed by atoms with Gasteiger partial charge in [0.2, 0.25) is 11.8 Å². The molecule has 0 aromatic heterocycles. The average molecular weight is 572 g/mol. The average Bonchev–Trinajstić information content (AvgIpc) is 3.47. The number of carbonyl (C=O) groups is 2. The first-order chi connectivity index (χ1) is 19.0. The molecule has 0 radical (unpaired) electrons. The van der Waals surface area contributed by atoms with Crippen LogP contribution in [-0.4, -0.2) is 66.8 Å². The highest BCUT2D eigenvalue weighted by atomic mass is 35.5. The van der Waals surface area contributed by atoms with Crippen LogP contribution >= 0.6 is 11.6 Å². The lowest BCUT2D eigenvalue weighted by molar-refractivity contribution is -0.126. The van der Waals surface area contributed by atoms with Crippen LogP contribution in [0.3, 0.4) is 0 Å². The number of rotatable bonds is 7. The fourth-order valence-corrected chi connectivity index (χ4v) is 7.00. The molecule has 216 valence electrons. The van der Waals surface area contributed by atoms with Crippen molar-refractivity contribution in [3.63, 3.8) is 0 Å². The Morgan fingerprint density at radius 2 is 1.57 bits per heavy atom. The van der Waals surface area contributed by atoms with E-state index in [4.69, 9.17) is 11.6 Å². The van der Waals surface area contributed by atoms with Gasteiger partial charge in [-0.05, 0) is 87.2 Å². The molecule has 2 amide bonds. The number of fused-ring (bicyclic) bond motifs is 1. The van der Waals surface area contributed by atoms with E-state index in [-0.39, 0.29) is 43.4 Å². The van der Waals surface area contributed by atoms with Crippen molar-refractivity contribution in [3.05, 3.63) is 63.7 Å². The maximum absolute atomic E-state index is 13.8. The summed E-state index contributed by atoms with van der Waals surface area (Å²) in [5, 5.41) is 0.595. The summed E-state index contributed by atoms with van der Waals surface area (Å²) in [6.07, 6.45) is 0.755. The van der Waals surface area contributed by atoms with Crippen molar-refractivity contribution in [2.45, 2.75) is 58.8 Å². The fourth-order valence-electron chi connectivity index (χ4n) is 6.82. The number of likely N-dealkylation sites (tertiary alicyclic amines) is 2. The van der Waals surface area contributed by atoms with E-state index in [1.165, 1.54) is 0 Å². The van der Waals surface area contributed by atoms with Crippen molar-refractivity contribution in [3.8, 4) is 0 Å². The zero-order valence-electron chi connectivity index (χ0n) is 23.8. The molecule has 0 bridgehead atoms. The smallest absolute Gasteiger partial charge is 0.254 e. The summed E-state index contributed by atoms with van der Waals surface area (Å²) in [4.78, 5) is 33.1. The third kappa shape index (κ3) is 6.20. The Morgan fingerprint density at radius 1 is 0.950 bits per heavy atom. The Balaban J connectivity index is 1.17. The molecule has 1 saturated carbocycles. The van der Waals surface area contributed by atoms with Gasteiger partial charge in [0.15, 0.2) is 0 Å². The topological polar surface area (TPSA) is 43.9 Å². The van der Waals surface area contributed by atoms with Gasteiger partial charge in [-0.25, -0.2) is 8.78 Å². The number of halogens is 3. The highest BCUT2D eigenvalue weighted by Gasteiger charge is 2.42. The molecule has 0 N–H and O–H groups in total. The Labute approximate surface area is 241 Å². The van der Waals surface area contributed by atoms with E-state index in [1.54, 1.807) is 4.90 Å². The molecule has 3 aliphatic rings. The van der Waals surface area contributed by atoms with Crippen molar-refractivity contribution in [1.29, 1.82) is 0 Å². The maximum Gasteiger partial charge on any atom is 0.254 e.